The van der Waals surface area contributed by atoms with Crippen molar-refractivity contribution in [2.24, 2.45) is 5.73 Å². The summed E-state index contributed by atoms with van der Waals surface area (Å²) in [4.78, 5) is 0. The summed E-state index contributed by atoms with van der Waals surface area (Å²) in [6, 6.07) is 0. The molecule has 1 unspecified atom stereocenters. The minimum atomic E-state index is -0.481. The van der Waals surface area contributed by atoms with Crippen molar-refractivity contribution in [2.45, 2.75) is 26.3 Å². The number of hydrogen-bond donors (Lipinski definition) is 1. The molecule has 0 rings (SSSR count). The first-order valence-electron chi connectivity index (χ1n) is 3.43. The molecule has 0 saturated heterocycles. The standard InChI is InChI=1S/C8H15NO/c1-4-6-8(3,9)7-10-5-2/h5,7,9H2,1-3H3. The zero-order chi connectivity index (χ0) is 8.04. The van der Waals surface area contributed by atoms with Crippen LogP contribution in [0.1, 0.15) is 20.8 Å². The van der Waals surface area contributed by atoms with Crippen LogP contribution >= 0.6 is 0 Å². The maximum Gasteiger partial charge on any atom is 0.0983 e. The van der Waals surface area contributed by atoms with Crippen LogP contribution in [-0.4, -0.2) is 18.8 Å². The normalized spacial score (nSPS) is 15.2. The van der Waals surface area contributed by atoms with E-state index in [1.807, 2.05) is 13.8 Å². The van der Waals surface area contributed by atoms with Gasteiger partial charge in [0.25, 0.3) is 0 Å². The Bertz CT molecular complexity index is 141. The van der Waals surface area contributed by atoms with E-state index >= 15 is 0 Å². The minimum absolute atomic E-state index is 0.481. The Labute approximate surface area is 62.7 Å². The molecule has 0 aliphatic heterocycles. The molecule has 10 heavy (non-hydrogen) atoms. The largest absolute Gasteiger partial charge is 0.379 e. The van der Waals surface area contributed by atoms with E-state index < -0.39 is 5.54 Å². The van der Waals surface area contributed by atoms with Gasteiger partial charge in [-0.1, -0.05) is 5.92 Å². The van der Waals surface area contributed by atoms with Crippen LogP contribution in [0.25, 0.3) is 0 Å². The molecule has 0 spiro atoms. The van der Waals surface area contributed by atoms with E-state index in [-0.39, 0.29) is 0 Å². The Balaban J connectivity index is 3.71. The van der Waals surface area contributed by atoms with Gasteiger partial charge in [-0.2, -0.15) is 0 Å². The molecule has 0 bridgehead atoms. The van der Waals surface area contributed by atoms with Gasteiger partial charge >= 0.3 is 0 Å². The second-order valence-electron chi connectivity index (χ2n) is 2.43. The van der Waals surface area contributed by atoms with E-state index in [2.05, 4.69) is 11.8 Å². The fraction of sp³-hybridized carbons (Fsp3) is 0.750. The molecule has 0 aromatic heterocycles. The molecule has 0 aromatic rings. The lowest BCUT2D eigenvalue weighted by molar-refractivity contribution is 0.120. The van der Waals surface area contributed by atoms with Crippen molar-refractivity contribution in [3.63, 3.8) is 0 Å². The van der Waals surface area contributed by atoms with Crippen LogP contribution in [0.3, 0.4) is 0 Å². The van der Waals surface area contributed by atoms with E-state index in [1.54, 1.807) is 6.92 Å². The Morgan fingerprint density at radius 3 is 2.60 bits per heavy atom. The van der Waals surface area contributed by atoms with Crippen molar-refractivity contribution in [1.82, 2.24) is 0 Å². The molecule has 0 fully saturated rings. The van der Waals surface area contributed by atoms with Crippen molar-refractivity contribution in [1.29, 1.82) is 0 Å². The minimum Gasteiger partial charge on any atom is -0.379 e. The lowest BCUT2D eigenvalue weighted by atomic mass is 10.1. The molecule has 0 aliphatic carbocycles. The quantitative estimate of drug-likeness (QED) is 0.589. The van der Waals surface area contributed by atoms with Crippen LogP contribution in [0.5, 0.6) is 0 Å². The number of rotatable bonds is 3. The van der Waals surface area contributed by atoms with Crippen LogP contribution in [0, 0.1) is 11.8 Å². The van der Waals surface area contributed by atoms with Crippen LogP contribution in [0.2, 0.25) is 0 Å². The fourth-order valence-electron chi connectivity index (χ4n) is 0.636. The molecule has 2 nitrogen and oxygen atoms in total. The topological polar surface area (TPSA) is 35.2 Å². The first kappa shape index (κ1) is 9.48. The van der Waals surface area contributed by atoms with Gasteiger partial charge in [0.15, 0.2) is 0 Å². The van der Waals surface area contributed by atoms with Crippen LogP contribution in [0.4, 0.5) is 0 Å². The molecule has 0 saturated carbocycles. The average Bonchev–Trinajstić information content (AvgIpc) is 1.84. The molecule has 2 N–H and O–H groups in total. The van der Waals surface area contributed by atoms with Gasteiger partial charge in [-0.3, -0.25) is 0 Å². The lowest BCUT2D eigenvalue weighted by Gasteiger charge is -2.16. The molecule has 0 radical (unpaired) electrons. The predicted octanol–water partition coefficient (Wildman–Crippen LogP) is 0.764. The van der Waals surface area contributed by atoms with Gasteiger partial charge in [0.2, 0.25) is 0 Å². The van der Waals surface area contributed by atoms with Crippen LogP contribution < -0.4 is 5.73 Å². The van der Waals surface area contributed by atoms with Crippen molar-refractivity contribution in [3.05, 3.63) is 0 Å². The summed E-state index contributed by atoms with van der Waals surface area (Å²) in [5, 5.41) is 0. The summed E-state index contributed by atoms with van der Waals surface area (Å²) >= 11 is 0. The molecule has 58 valence electrons. The zero-order valence-electron chi connectivity index (χ0n) is 6.90. The third kappa shape index (κ3) is 4.37. The maximum atomic E-state index is 5.71. The molecule has 0 amide bonds. The summed E-state index contributed by atoms with van der Waals surface area (Å²) in [5.74, 6) is 5.62. The van der Waals surface area contributed by atoms with Crippen molar-refractivity contribution >= 4 is 0 Å². The summed E-state index contributed by atoms with van der Waals surface area (Å²) in [5.41, 5.74) is 5.23. The molecular weight excluding hydrogens is 126 g/mol. The van der Waals surface area contributed by atoms with E-state index in [9.17, 15) is 0 Å². The highest BCUT2D eigenvalue weighted by Gasteiger charge is 2.13. The highest BCUT2D eigenvalue weighted by atomic mass is 16.5. The fourth-order valence-corrected chi connectivity index (χ4v) is 0.636. The molecule has 1 atom stereocenters. The highest BCUT2D eigenvalue weighted by Crippen LogP contribution is 1.96. The Hall–Kier alpha value is -0.520. The molecule has 0 aromatic carbocycles. The predicted molar refractivity (Wildman–Crippen MR) is 42.5 cm³/mol. The average molecular weight is 141 g/mol. The number of ether oxygens (including phenoxy) is 1. The summed E-state index contributed by atoms with van der Waals surface area (Å²) in [6.07, 6.45) is 0. The third-order valence-electron chi connectivity index (χ3n) is 1.02. The van der Waals surface area contributed by atoms with Gasteiger partial charge < -0.3 is 10.5 Å². The van der Waals surface area contributed by atoms with Gasteiger partial charge in [-0.05, 0) is 20.8 Å². The van der Waals surface area contributed by atoms with Gasteiger partial charge in [0.1, 0.15) is 0 Å². The van der Waals surface area contributed by atoms with E-state index in [4.69, 9.17) is 10.5 Å². The number of hydrogen-bond acceptors (Lipinski definition) is 2. The van der Waals surface area contributed by atoms with E-state index in [0.29, 0.717) is 13.2 Å². The van der Waals surface area contributed by atoms with Gasteiger partial charge in [0, 0.05) is 6.61 Å². The SMILES string of the molecule is CC#CC(C)(N)COCC. The van der Waals surface area contributed by atoms with Crippen molar-refractivity contribution in [3.8, 4) is 11.8 Å². The molecule has 0 heterocycles. The van der Waals surface area contributed by atoms with Gasteiger partial charge in [-0.25, -0.2) is 0 Å². The van der Waals surface area contributed by atoms with Crippen molar-refractivity contribution in [2.75, 3.05) is 13.2 Å². The van der Waals surface area contributed by atoms with Gasteiger partial charge in [-0.15, -0.1) is 5.92 Å². The Morgan fingerprint density at radius 2 is 2.20 bits per heavy atom. The molecule has 2 heteroatoms. The first-order valence-corrected chi connectivity index (χ1v) is 3.43. The van der Waals surface area contributed by atoms with Crippen molar-refractivity contribution < 1.29 is 4.74 Å². The third-order valence-corrected chi connectivity index (χ3v) is 1.02. The Morgan fingerprint density at radius 1 is 1.60 bits per heavy atom. The Kier molecular flexibility index (Phi) is 4.10. The molecular formula is C8H15NO. The van der Waals surface area contributed by atoms with E-state index in [1.165, 1.54) is 0 Å². The second-order valence-corrected chi connectivity index (χ2v) is 2.43. The zero-order valence-corrected chi connectivity index (χ0v) is 6.90. The summed E-state index contributed by atoms with van der Waals surface area (Å²) in [6.45, 7) is 6.77. The summed E-state index contributed by atoms with van der Waals surface area (Å²) < 4.78 is 5.12. The first-order chi connectivity index (χ1) is 4.62. The highest BCUT2D eigenvalue weighted by molar-refractivity contribution is 5.13. The second kappa shape index (κ2) is 4.32. The monoisotopic (exact) mass is 141 g/mol. The summed E-state index contributed by atoms with van der Waals surface area (Å²) in [7, 11) is 0. The number of nitrogens with two attached hydrogens (primary N) is 1. The smallest absolute Gasteiger partial charge is 0.0983 e. The van der Waals surface area contributed by atoms with Gasteiger partial charge in [0.05, 0.1) is 12.1 Å². The van der Waals surface area contributed by atoms with Crippen LogP contribution in [-0.2, 0) is 4.74 Å². The molecule has 0 aliphatic rings. The van der Waals surface area contributed by atoms with Crippen LogP contribution in [0.15, 0.2) is 0 Å². The maximum absolute atomic E-state index is 5.71. The lowest BCUT2D eigenvalue weighted by Crippen LogP contribution is -2.39. The van der Waals surface area contributed by atoms with E-state index in [0.717, 1.165) is 0 Å².